The minimum Gasteiger partial charge on any atom is -0.379 e. The van der Waals surface area contributed by atoms with E-state index in [-0.39, 0.29) is 28.3 Å². The van der Waals surface area contributed by atoms with E-state index >= 15 is 0 Å². The Kier molecular flexibility index (Phi) is 5.94. The monoisotopic (exact) mass is 458 g/mol. The second kappa shape index (κ2) is 8.54. The molecule has 4 atom stereocenters. The smallest absolute Gasteiger partial charge is 0.339 e. The average molecular weight is 459 g/mol. The Morgan fingerprint density at radius 2 is 1.88 bits per heavy atom. The maximum atomic E-state index is 12.6. The number of hydrogen-bond donors (Lipinski definition) is 1. The number of aryl methyl sites for hydroxylation is 1. The molecule has 2 fully saturated rings. The van der Waals surface area contributed by atoms with Gasteiger partial charge in [0.2, 0.25) is 0 Å². The van der Waals surface area contributed by atoms with Gasteiger partial charge >= 0.3 is 10.1 Å². The summed E-state index contributed by atoms with van der Waals surface area (Å²) in [7, 11) is -4.27. The molecule has 1 amide bonds. The quantitative estimate of drug-likeness (QED) is 0.377. The SMILES string of the molecule is Cc1ccc([N+](=O)[O-])cc1S(=O)(=O)Oc1ccc(C(=O)NC(C)C2CC3CCC2C3)cc1. The van der Waals surface area contributed by atoms with Crippen molar-refractivity contribution < 1.29 is 22.3 Å². The molecule has 2 aromatic rings. The van der Waals surface area contributed by atoms with E-state index in [1.54, 1.807) is 0 Å². The van der Waals surface area contributed by atoms with Gasteiger partial charge in [-0.2, -0.15) is 8.42 Å². The van der Waals surface area contributed by atoms with Gasteiger partial charge in [-0.25, -0.2) is 0 Å². The summed E-state index contributed by atoms with van der Waals surface area (Å²) >= 11 is 0. The van der Waals surface area contributed by atoms with Gasteiger partial charge in [0.15, 0.2) is 0 Å². The normalized spacial score (nSPS) is 23.0. The standard InChI is InChI=1S/C23H26N2O6S/c1-14-3-8-19(25(27)28)13-22(14)32(29,30)31-20-9-6-17(7-10-20)23(26)24-15(2)21-12-16-4-5-18(21)11-16/h3,6-10,13,15-16,18,21H,4-5,11-12H2,1-2H3,(H,24,26). The fraction of sp³-hybridized carbons (Fsp3) is 0.435. The van der Waals surface area contributed by atoms with E-state index in [9.17, 15) is 23.3 Å². The molecule has 170 valence electrons. The van der Waals surface area contributed by atoms with Gasteiger partial charge in [0, 0.05) is 23.7 Å². The lowest BCUT2D eigenvalue weighted by molar-refractivity contribution is -0.385. The van der Waals surface area contributed by atoms with E-state index in [0.717, 1.165) is 12.0 Å². The second-order valence-electron chi connectivity index (χ2n) is 8.87. The zero-order valence-electron chi connectivity index (χ0n) is 18.0. The van der Waals surface area contributed by atoms with Gasteiger partial charge in [-0.3, -0.25) is 14.9 Å². The Morgan fingerprint density at radius 3 is 2.47 bits per heavy atom. The van der Waals surface area contributed by atoms with Gasteiger partial charge in [0.05, 0.1) is 4.92 Å². The third-order valence-electron chi connectivity index (χ3n) is 6.77. The summed E-state index contributed by atoms with van der Waals surface area (Å²) in [6, 6.07) is 9.48. The summed E-state index contributed by atoms with van der Waals surface area (Å²) in [4.78, 5) is 22.7. The van der Waals surface area contributed by atoms with Crippen molar-refractivity contribution in [2.24, 2.45) is 17.8 Å². The largest absolute Gasteiger partial charge is 0.379 e. The number of hydrogen-bond acceptors (Lipinski definition) is 6. The van der Waals surface area contributed by atoms with Crippen LogP contribution in [0.4, 0.5) is 5.69 Å². The lowest BCUT2D eigenvalue weighted by Gasteiger charge is -2.28. The van der Waals surface area contributed by atoms with Crippen molar-refractivity contribution in [3.8, 4) is 5.75 Å². The minimum absolute atomic E-state index is 0.0219. The Labute approximate surface area is 187 Å². The Morgan fingerprint density at radius 1 is 1.16 bits per heavy atom. The minimum atomic E-state index is -4.27. The molecule has 0 aromatic heterocycles. The van der Waals surface area contributed by atoms with Crippen LogP contribution < -0.4 is 9.50 Å². The first-order valence-electron chi connectivity index (χ1n) is 10.7. The highest BCUT2D eigenvalue weighted by Gasteiger charge is 2.42. The zero-order chi connectivity index (χ0) is 23.0. The number of fused-ring (bicyclic) bond motifs is 2. The van der Waals surface area contributed by atoms with E-state index in [2.05, 4.69) is 12.2 Å². The molecule has 0 saturated heterocycles. The van der Waals surface area contributed by atoms with E-state index in [1.807, 2.05) is 0 Å². The first-order chi connectivity index (χ1) is 15.1. The fourth-order valence-electron chi connectivity index (χ4n) is 5.11. The Bertz CT molecular complexity index is 1150. The average Bonchev–Trinajstić information content (AvgIpc) is 3.37. The molecule has 2 aromatic carbocycles. The van der Waals surface area contributed by atoms with Crippen molar-refractivity contribution >= 4 is 21.7 Å². The highest BCUT2D eigenvalue weighted by atomic mass is 32.2. The maximum absolute atomic E-state index is 12.6. The van der Waals surface area contributed by atoms with Gasteiger partial charge in [-0.05, 0) is 80.7 Å². The van der Waals surface area contributed by atoms with Gasteiger partial charge in [0.25, 0.3) is 11.6 Å². The van der Waals surface area contributed by atoms with Gasteiger partial charge in [-0.15, -0.1) is 0 Å². The summed E-state index contributed by atoms with van der Waals surface area (Å²) in [5.41, 5.74) is 0.409. The molecule has 0 aliphatic heterocycles. The van der Waals surface area contributed by atoms with Crippen LogP contribution in [0.2, 0.25) is 0 Å². The summed E-state index contributed by atoms with van der Waals surface area (Å²) in [5.74, 6) is 1.84. The van der Waals surface area contributed by atoms with E-state index in [0.29, 0.717) is 23.0 Å². The number of carbonyl (C=O) groups excluding carboxylic acids is 1. The van der Waals surface area contributed by atoms with E-state index in [4.69, 9.17) is 4.18 Å². The molecule has 2 aliphatic rings. The molecule has 4 unspecified atom stereocenters. The second-order valence-corrected chi connectivity index (χ2v) is 10.4. The fourth-order valence-corrected chi connectivity index (χ4v) is 6.29. The summed E-state index contributed by atoms with van der Waals surface area (Å²) in [5, 5.41) is 14.1. The predicted octanol–water partition coefficient (Wildman–Crippen LogP) is 4.23. The van der Waals surface area contributed by atoms with Gasteiger partial charge in [-0.1, -0.05) is 12.5 Å². The number of amides is 1. The third kappa shape index (κ3) is 4.48. The summed E-state index contributed by atoms with van der Waals surface area (Å²) in [6.45, 7) is 3.58. The predicted molar refractivity (Wildman–Crippen MR) is 118 cm³/mol. The Balaban J connectivity index is 1.43. The third-order valence-corrected chi connectivity index (χ3v) is 8.16. The lowest BCUT2D eigenvalue weighted by Crippen LogP contribution is -2.40. The molecule has 2 aliphatic carbocycles. The topological polar surface area (TPSA) is 116 Å². The van der Waals surface area contributed by atoms with Crippen LogP contribution in [0.3, 0.4) is 0 Å². The maximum Gasteiger partial charge on any atom is 0.339 e. The number of nitro groups is 1. The van der Waals surface area contributed by atoms with Crippen molar-refractivity contribution in [3.63, 3.8) is 0 Å². The summed E-state index contributed by atoms with van der Waals surface area (Å²) in [6.07, 6.45) is 5.01. The molecule has 0 spiro atoms. The van der Waals surface area contributed by atoms with Crippen LogP contribution in [-0.4, -0.2) is 25.3 Å². The van der Waals surface area contributed by atoms with Crippen LogP contribution in [0.25, 0.3) is 0 Å². The number of rotatable bonds is 7. The molecule has 2 saturated carbocycles. The number of benzene rings is 2. The van der Waals surface area contributed by atoms with E-state index < -0.39 is 15.0 Å². The lowest BCUT2D eigenvalue weighted by atomic mass is 9.84. The van der Waals surface area contributed by atoms with Crippen molar-refractivity contribution in [2.75, 3.05) is 0 Å². The first-order valence-corrected chi connectivity index (χ1v) is 12.2. The molecule has 4 rings (SSSR count). The molecule has 1 N–H and O–H groups in total. The van der Waals surface area contributed by atoms with Crippen LogP contribution in [0, 0.1) is 34.8 Å². The number of nitrogens with zero attached hydrogens (tertiary/aromatic N) is 1. The number of carbonyl (C=O) groups is 1. The molecule has 0 heterocycles. The van der Waals surface area contributed by atoms with Crippen molar-refractivity contribution in [1.29, 1.82) is 0 Å². The van der Waals surface area contributed by atoms with Crippen LogP contribution in [0.1, 0.15) is 48.5 Å². The van der Waals surface area contributed by atoms with Crippen molar-refractivity contribution in [1.82, 2.24) is 5.32 Å². The highest BCUT2D eigenvalue weighted by molar-refractivity contribution is 7.87. The molecule has 9 heteroatoms. The highest BCUT2D eigenvalue weighted by Crippen LogP contribution is 2.49. The molecule has 2 bridgehead atoms. The zero-order valence-corrected chi connectivity index (χ0v) is 18.8. The van der Waals surface area contributed by atoms with Crippen LogP contribution in [-0.2, 0) is 10.1 Å². The number of non-ortho nitro benzene ring substituents is 1. The Hall–Kier alpha value is -2.94. The molecular formula is C23H26N2O6S. The van der Waals surface area contributed by atoms with Crippen LogP contribution in [0.5, 0.6) is 5.75 Å². The number of nitrogens with one attached hydrogen (secondary N) is 1. The van der Waals surface area contributed by atoms with Gasteiger partial charge < -0.3 is 9.50 Å². The summed E-state index contributed by atoms with van der Waals surface area (Å²) < 4.78 is 30.4. The van der Waals surface area contributed by atoms with E-state index in [1.165, 1.54) is 69.0 Å². The van der Waals surface area contributed by atoms with Crippen molar-refractivity contribution in [3.05, 3.63) is 63.7 Å². The van der Waals surface area contributed by atoms with Crippen molar-refractivity contribution in [2.45, 2.75) is 50.5 Å². The first kappa shape index (κ1) is 22.3. The number of nitro benzene ring substituents is 1. The molecular weight excluding hydrogens is 432 g/mol. The molecule has 32 heavy (non-hydrogen) atoms. The van der Waals surface area contributed by atoms with Crippen LogP contribution >= 0.6 is 0 Å². The van der Waals surface area contributed by atoms with Gasteiger partial charge in [0.1, 0.15) is 10.6 Å². The molecule has 0 radical (unpaired) electrons. The molecule has 8 nitrogen and oxygen atoms in total. The van der Waals surface area contributed by atoms with Crippen LogP contribution in [0.15, 0.2) is 47.4 Å².